The van der Waals surface area contributed by atoms with Crippen LogP contribution in [-0.2, 0) is 17.8 Å². The van der Waals surface area contributed by atoms with E-state index in [2.05, 4.69) is 20.3 Å². The summed E-state index contributed by atoms with van der Waals surface area (Å²) >= 11 is 7.29. The van der Waals surface area contributed by atoms with Gasteiger partial charge in [-0.05, 0) is 42.5 Å². The third-order valence-corrected chi connectivity index (χ3v) is 5.04. The number of aromatic nitrogens is 3. The Morgan fingerprint density at radius 1 is 1.14 bits per heavy atom. The lowest BCUT2D eigenvalue weighted by Gasteiger charge is -2.04. The topological polar surface area (TPSA) is 99.9 Å². The van der Waals surface area contributed by atoms with Gasteiger partial charge in [0.1, 0.15) is 17.4 Å². The van der Waals surface area contributed by atoms with Gasteiger partial charge in [0.05, 0.1) is 23.1 Å². The van der Waals surface area contributed by atoms with E-state index in [9.17, 15) is 9.59 Å². The molecule has 0 aliphatic rings. The van der Waals surface area contributed by atoms with E-state index < -0.39 is 0 Å². The molecule has 0 fully saturated rings. The highest BCUT2D eigenvalue weighted by Crippen LogP contribution is 2.19. The van der Waals surface area contributed by atoms with Crippen molar-refractivity contribution in [3.8, 4) is 5.75 Å². The maximum atomic E-state index is 12.3. The Morgan fingerprint density at radius 3 is 2.75 bits per heavy atom. The van der Waals surface area contributed by atoms with Crippen LogP contribution in [0.4, 0.5) is 5.69 Å². The highest BCUT2D eigenvalue weighted by atomic mass is 35.5. The first-order chi connectivity index (χ1) is 13.5. The highest BCUT2D eigenvalue weighted by molar-refractivity contribution is 7.09. The first-order valence-corrected chi connectivity index (χ1v) is 9.64. The molecule has 2 aromatic carbocycles. The zero-order valence-electron chi connectivity index (χ0n) is 14.5. The number of carbonyl (C=O) groups excluding carboxylic acids is 1. The molecular weight excluding hydrogens is 400 g/mol. The molecule has 0 atom stereocenters. The van der Waals surface area contributed by atoms with Gasteiger partial charge in [0.2, 0.25) is 5.91 Å². The normalized spacial score (nSPS) is 10.9. The summed E-state index contributed by atoms with van der Waals surface area (Å²) in [4.78, 5) is 33.3. The molecule has 0 spiro atoms. The van der Waals surface area contributed by atoms with Crippen molar-refractivity contribution in [2.24, 2.45) is 0 Å². The van der Waals surface area contributed by atoms with Gasteiger partial charge in [-0.1, -0.05) is 11.6 Å². The summed E-state index contributed by atoms with van der Waals surface area (Å²) in [6.45, 7) is 0.325. The smallest absolute Gasteiger partial charge is 0.323 e. The van der Waals surface area contributed by atoms with Crippen LogP contribution in [0.1, 0.15) is 10.7 Å². The second-order valence-electron chi connectivity index (χ2n) is 6.04. The molecule has 2 heterocycles. The summed E-state index contributed by atoms with van der Waals surface area (Å²) in [7, 11) is 0. The molecular formula is C19H15ClN4O3S. The Kier molecular flexibility index (Phi) is 5.14. The van der Waals surface area contributed by atoms with E-state index in [0.29, 0.717) is 39.8 Å². The Morgan fingerprint density at radius 2 is 1.93 bits per heavy atom. The SMILES string of the molecule is O=C(Cc1csc(COc2ccc(Cl)cc2)n1)Nc1ccc2[nH]c(=O)[nH]c2c1. The van der Waals surface area contributed by atoms with Crippen LogP contribution >= 0.6 is 22.9 Å². The number of fused-ring (bicyclic) bond motifs is 1. The molecule has 0 saturated heterocycles. The monoisotopic (exact) mass is 414 g/mol. The summed E-state index contributed by atoms with van der Waals surface area (Å²) in [5.41, 5.74) is 2.32. The summed E-state index contributed by atoms with van der Waals surface area (Å²) in [5, 5.41) is 6.08. The Labute approximate surface area is 168 Å². The third kappa shape index (κ3) is 4.41. The molecule has 7 nitrogen and oxygen atoms in total. The fraction of sp³-hybridized carbons (Fsp3) is 0.105. The van der Waals surface area contributed by atoms with Crippen molar-refractivity contribution in [2.75, 3.05) is 5.32 Å². The van der Waals surface area contributed by atoms with Crippen LogP contribution < -0.4 is 15.7 Å². The maximum Gasteiger partial charge on any atom is 0.323 e. The number of aromatic amines is 2. The molecule has 2 aromatic heterocycles. The standard InChI is InChI=1S/C19H15ClN4O3S/c20-11-1-4-14(5-2-11)27-9-18-22-13(10-28-18)8-17(25)21-12-3-6-15-16(7-12)24-19(26)23-15/h1-7,10H,8-9H2,(H,21,25)(H2,23,24,26). The van der Waals surface area contributed by atoms with Gasteiger partial charge in [-0.3, -0.25) is 4.79 Å². The van der Waals surface area contributed by atoms with E-state index in [1.54, 1.807) is 42.5 Å². The molecule has 0 radical (unpaired) electrons. The molecule has 0 aliphatic heterocycles. The summed E-state index contributed by atoms with van der Waals surface area (Å²) in [6.07, 6.45) is 0.152. The van der Waals surface area contributed by atoms with Gasteiger partial charge >= 0.3 is 5.69 Å². The van der Waals surface area contributed by atoms with Gasteiger partial charge in [-0.15, -0.1) is 11.3 Å². The number of hydrogen-bond donors (Lipinski definition) is 3. The van der Waals surface area contributed by atoms with Gasteiger partial charge < -0.3 is 20.0 Å². The number of nitrogens with one attached hydrogen (secondary N) is 3. The second-order valence-corrected chi connectivity index (χ2v) is 7.42. The molecule has 0 unspecified atom stereocenters. The van der Waals surface area contributed by atoms with Crippen molar-refractivity contribution < 1.29 is 9.53 Å². The number of imidazole rings is 1. The predicted molar refractivity (Wildman–Crippen MR) is 109 cm³/mol. The Balaban J connectivity index is 1.34. The number of amides is 1. The fourth-order valence-electron chi connectivity index (χ4n) is 2.65. The van der Waals surface area contributed by atoms with Crippen LogP contribution in [0.25, 0.3) is 11.0 Å². The minimum Gasteiger partial charge on any atom is -0.486 e. The average molecular weight is 415 g/mol. The third-order valence-electron chi connectivity index (χ3n) is 3.92. The second kappa shape index (κ2) is 7.87. The fourth-order valence-corrected chi connectivity index (χ4v) is 3.48. The lowest BCUT2D eigenvalue weighted by Crippen LogP contribution is -2.14. The summed E-state index contributed by atoms with van der Waals surface area (Å²) in [5.74, 6) is 0.518. The molecule has 4 aromatic rings. The number of halogens is 1. The molecule has 0 bridgehead atoms. The number of rotatable bonds is 6. The van der Waals surface area contributed by atoms with E-state index in [1.165, 1.54) is 11.3 Å². The van der Waals surface area contributed by atoms with Crippen LogP contribution in [0.2, 0.25) is 5.02 Å². The van der Waals surface area contributed by atoms with E-state index in [-0.39, 0.29) is 18.0 Å². The zero-order valence-corrected chi connectivity index (χ0v) is 16.1. The van der Waals surface area contributed by atoms with E-state index in [1.807, 2.05) is 5.38 Å². The number of ether oxygens (including phenoxy) is 1. The maximum absolute atomic E-state index is 12.3. The van der Waals surface area contributed by atoms with E-state index in [4.69, 9.17) is 16.3 Å². The van der Waals surface area contributed by atoms with Crippen molar-refractivity contribution >= 4 is 45.6 Å². The van der Waals surface area contributed by atoms with E-state index >= 15 is 0 Å². The molecule has 0 saturated carbocycles. The van der Waals surface area contributed by atoms with Crippen molar-refractivity contribution in [1.29, 1.82) is 0 Å². The predicted octanol–water partition coefficient (Wildman–Crippen LogP) is 3.73. The van der Waals surface area contributed by atoms with E-state index in [0.717, 1.165) is 5.01 Å². The number of H-pyrrole nitrogens is 2. The molecule has 142 valence electrons. The van der Waals surface area contributed by atoms with Crippen LogP contribution in [0, 0.1) is 0 Å². The van der Waals surface area contributed by atoms with Crippen molar-refractivity contribution in [3.05, 3.63) is 74.1 Å². The number of nitrogens with zero attached hydrogens (tertiary/aromatic N) is 1. The van der Waals surface area contributed by atoms with Crippen LogP contribution in [0.15, 0.2) is 52.6 Å². The minimum atomic E-state index is -0.283. The first kappa shape index (κ1) is 18.3. The van der Waals surface area contributed by atoms with Crippen LogP contribution in [-0.4, -0.2) is 20.9 Å². The summed E-state index contributed by atoms with van der Waals surface area (Å²) in [6, 6.07) is 12.3. The summed E-state index contributed by atoms with van der Waals surface area (Å²) < 4.78 is 5.66. The molecule has 4 rings (SSSR count). The Bertz CT molecular complexity index is 1180. The zero-order chi connectivity index (χ0) is 19.5. The highest BCUT2D eigenvalue weighted by Gasteiger charge is 2.10. The van der Waals surface area contributed by atoms with Gasteiger partial charge in [0.25, 0.3) is 0 Å². The number of benzene rings is 2. The Hall–Kier alpha value is -3.10. The van der Waals surface area contributed by atoms with Crippen LogP contribution in [0.5, 0.6) is 5.75 Å². The van der Waals surface area contributed by atoms with Crippen molar-refractivity contribution in [2.45, 2.75) is 13.0 Å². The lowest BCUT2D eigenvalue weighted by atomic mass is 10.2. The first-order valence-electron chi connectivity index (χ1n) is 8.39. The number of carbonyl (C=O) groups is 1. The largest absolute Gasteiger partial charge is 0.486 e. The van der Waals surface area contributed by atoms with Gasteiger partial charge in [-0.2, -0.15) is 0 Å². The van der Waals surface area contributed by atoms with Gasteiger partial charge in [0, 0.05) is 16.1 Å². The van der Waals surface area contributed by atoms with Gasteiger partial charge in [-0.25, -0.2) is 9.78 Å². The molecule has 3 N–H and O–H groups in total. The number of thiazole rings is 1. The number of hydrogen-bond acceptors (Lipinski definition) is 5. The van der Waals surface area contributed by atoms with Gasteiger partial charge in [0.15, 0.2) is 0 Å². The molecule has 28 heavy (non-hydrogen) atoms. The van der Waals surface area contributed by atoms with Crippen molar-refractivity contribution in [3.63, 3.8) is 0 Å². The number of anilines is 1. The molecule has 9 heteroatoms. The molecule has 0 aliphatic carbocycles. The average Bonchev–Trinajstić information content (AvgIpc) is 3.26. The lowest BCUT2D eigenvalue weighted by molar-refractivity contribution is -0.115. The molecule has 1 amide bonds. The minimum absolute atomic E-state index is 0.152. The van der Waals surface area contributed by atoms with Crippen LogP contribution in [0.3, 0.4) is 0 Å². The quantitative estimate of drug-likeness (QED) is 0.447. The van der Waals surface area contributed by atoms with Crippen molar-refractivity contribution in [1.82, 2.24) is 15.0 Å².